The molecule has 7 heteroatoms. The molecule has 0 atom stereocenters. The van der Waals surface area contributed by atoms with Crippen LogP contribution in [-0.2, 0) is 9.53 Å². The first-order valence-electron chi connectivity index (χ1n) is 9.21. The molecule has 2 aliphatic rings. The Bertz CT molecular complexity index is 534. The van der Waals surface area contributed by atoms with Gasteiger partial charge in [0.15, 0.2) is 0 Å². The van der Waals surface area contributed by atoms with E-state index in [1.807, 2.05) is 0 Å². The molecule has 0 saturated carbocycles. The number of piperidine rings is 2. The van der Waals surface area contributed by atoms with Crippen LogP contribution in [0.1, 0.15) is 25.7 Å². The number of carbonyl (C=O) groups is 1. The maximum atomic E-state index is 12.6. The number of anilines is 1. The number of ether oxygens (including phenoxy) is 1. The van der Waals surface area contributed by atoms with Gasteiger partial charge in [-0.2, -0.15) is 0 Å². The number of aromatic nitrogens is 2. The zero-order valence-corrected chi connectivity index (χ0v) is 15.0. The highest BCUT2D eigenvalue weighted by Crippen LogP contribution is 2.29. The van der Waals surface area contributed by atoms with Crippen molar-refractivity contribution < 1.29 is 9.53 Å². The van der Waals surface area contributed by atoms with Crippen molar-refractivity contribution in [2.45, 2.75) is 25.7 Å². The van der Waals surface area contributed by atoms with Crippen molar-refractivity contribution in [2.75, 3.05) is 51.3 Å². The minimum Gasteiger partial charge on any atom is -0.384 e. The van der Waals surface area contributed by atoms with Gasteiger partial charge >= 0.3 is 0 Å². The Morgan fingerprint density at radius 2 is 2.12 bits per heavy atom. The minimum absolute atomic E-state index is 0.0794. The molecule has 0 aromatic carbocycles. The molecule has 138 valence electrons. The molecule has 2 N–H and O–H groups in total. The largest absolute Gasteiger partial charge is 0.384 e. The van der Waals surface area contributed by atoms with Crippen molar-refractivity contribution in [1.29, 1.82) is 0 Å². The molecule has 2 fully saturated rings. The third kappa shape index (κ3) is 4.67. The predicted molar refractivity (Wildman–Crippen MR) is 96.4 cm³/mol. The van der Waals surface area contributed by atoms with Crippen molar-refractivity contribution in [3.05, 3.63) is 18.6 Å². The fraction of sp³-hybridized carbons (Fsp3) is 0.722. The molecule has 7 nitrogen and oxygen atoms in total. The van der Waals surface area contributed by atoms with Crippen LogP contribution >= 0.6 is 0 Å². The first-order chi connectivity index (χ1) is 12.2. The second-order valence-corrected chi connectivity index (χ2v) is 7.23. The number of nitrogens with zero attached hydrogens (tertiary/aromatic N) is 3. The molecule has 3 heterocycles. The van der Waals surface area contributed by atoms with E-state index in [4.69, 9.17) is 4.74 Å². The van der Waals surface area contributed by atoms with Gasteiger partial charge in [0.2, 0.25) is 5.91 Å². The van der Waals surface area contributed by atoms with Crippen LogP contribution in [0.3, 0.4) is 0 Å². The van der Waals surface area contributed by atoms with Gasteiger partial charge in [-0.1, -0.05) is 0 Å². The number of hydrogen-bond acceptors (Lipinski definition) is 6. The van der Waals surface area contributed by atoms with Crippen LogP contribution in [0.5, 0.6) is 0 Å². The van der Waals surface area contributed by atoms with Gasteiger partial charge in [-0.25, -0.2) is 4.98 Å². The summed E-state index contributed by atoms with van der Waals surface area (Å²) in [6.07, 6.45) is 9.00. The maximum absolute atomic E-state index is 12.6. The number of carbonyl (C=O) groups excluding carboxylic acids is 1. The summed E-state index contributed by atoms with van der Waals surface area (Å²) < 4.78 is 5.43. The average molecular weight is 347 g/mol. The fourth-order valence-electron chi connectivity index (χ4n) is 3.88. The lowest BCUT2D eigenvalue weighted by molar-refractivity contribution is -0.126. The predicted octanol–water partition coefficient (Wildman–Crippen LogP) is 0.825. The van der Waals surface area contributed by atoms with E-state index in [0.29, 0.717) is 13.2 Å². The van der Waals surface area contributed by atoms with E-state index in [1.54, 1.807) is 25.7 Å². The second-order valence-electron chi connectivity index (χ2n) is 7.23. The van der Waals surface area contributed by atoms with Crippen LogP contribution in [0.2, 0.25) is 0 Å². The maximum Gasteiger partial charge on any atom is 0.223 e. The zero-order valence-electron chi connectivity index (χ0n) is 15.0. The molecule has 0 unspecified atom stereocenters. The number of hydrogen-bond donors (Lipinski definition) is 2. The summed E-state index contributed by atoms with van der Waals surface area (Å²) in [6, 6.07) is 0. The molecule has 1 amide bonds. The quantitative estimate of drug-likeness (QED) is 0.793. The Morgan fingerprint density at radius 1 is 1.36 bits per heavy atom. The molecule has 1 aromatic heterocycles. The fourth-order valence-corrected chi connectivity index (χ4v) is 3.88. The van der Waals surface area contributed by atoms with Crippen molar-refractivity contribution in [2.24, 2.45) is 11.3 Å². The normalized spacial score (nSPS) is 21.1. The summed E-state index contributed by atoms with van der Waals surface area (Å²) in [5.74, 6) is 1.18. The Labute approximate surface area is 149 Å². The lowest BCUT2D eigenvalue weighted by Gasteiger charge is -2.38. The summed E-state index contributed by atoms with van der Waals surface area (Å²) >= 11 is 0. The molecule has 25 heavy (non-hydrogen) atoms. The van der Waals surface area contributed by atoms with Crippen molar-refractivity contribution in [3.8, 4) is 0 Å². The number of methoxy groups -OCH3 is 1. The number of amides is 1. The highest BCUT2D eigenvalue weighted by atomic mass is 16.5. The number of rotatable bonds is 6. The average Bonchev–Trinajstić information content (AvgIpc) is 2.68. The highest BCUT2D eigenvalue weighted by Gasteiger charge is 2.34. The first kappa shape index (κ1) is 18.1. The van der Waals surface area contributed by atoms with Crippen molar-refractivity contribution in [3.63, 3.8) is 0 Å². The van der Waals surface area contributed by atoms with Crippen LogP contribution in [0.15, 0.2) is 18.6 Å². The molecule has 2 aliphatic heterocycles. The topological polar surface area (TPSA) is 79.4 Å². The Kier molecular flexibility index (Phi) is 6.20. The summed E-state index contributed by atoms with van der Waals surface area (Å²) in [5, 5.41) is 6.59. The molecule has 1 aromatic rings. The van der Waals surface area contributed by atoms with Gasteiger partial charge in [-0.3, -0.25) is 9.78 Å². The van der Waals surface area contributed by atoms with E-state index >= 15 is 0 Å². The summed E-state index contributed by atoms with van der Waals surface area (Å²) in [6.45, 7) is 5.12. The van der Waals surface area contributed by atoms with Gasteiger partial charge in [0.25, 0.3) is 0 Å². The van der Waals surface area contributed by atoms with Gasteiger partial charge in [0.05, 0.1) is 12.8 Å². The molecule has 0 aliphatic carbocycles. The first-order valence-corrected chi connectivity index (χ1v) is 9.21. The second kappa shape index (κ2) is 8.58. The van der Waals surface area contributed by atoms with Gasteiger partial charge in [0, 0.05) is 50.5 Å². The third-order valence-electron chi connectivity index (χ3n) is 5.49. The Balaban J connectivity index is 1.47. The SMILES string of the molecule is COCC1(CNC(=O)C2CCN(c3cnccn3)CC2)CCNCC1. The molecular weight excluding hydrogens is 318 g/mol. The molecule has 0 radical (unpaired) electrons. The standard InChI is InChI=1S/C18H29N5O2/c1-25-14-18(4-6-19-7-5-18)13-22-17(24)15-2-10-23(11-3-15)16-12-20-8-9-21-16/h8-9,12,15,19H,2-7,10-11,13-14H2,1H3,(H,22,24). The van der Waals surface area contributed by atoms with Crippen LogP contribution in [0.25, 0.3) is 0 Å². The zero-order chi connectivity index (χ0) is 17.5. The van der Waals surface area contributed by atoms with Crippen molar-refractivity contribution >= 4 is 11.7 Å². The summed E-state index contributed by atoms with van der Waals surface area (Å²) in [7, 11) is 1.74. The van der Waals surface area contributed by atoms with E-state index in [2.05, 4.69) is 25.5 Å². The van der Waals surface area contributed by atoms with Crippen LogP contribution in [0, 0.1) is 11.3 Å². The van der Waals surface area contributed by atoms with E-state index in [0.717, 1.165) is 57.7 Å². The Hall–Kier alpha value is -1.73. The van der Waals surface area contributed by atoms with Crippen LogP contribution < -0.4 is 15.5 Å². The summed E-state index contributed by atoms with van der Waals surface area (Å²) in [4.78, 5) is 23.3. The van der Waals surface area contributed by atoms with Gasteiger partial charge in [-0.05, 0) is 38.8 Å². The molecular formula is C18H29N5O2. The molecule has 0 bridgehead atoms. The van der Waals surface area contributed by atoms with E-state index in [9.17, 15) is 4.79 Å². The third-order valence-corrected chi connectivity index (χ3v) is 5.49. The van der Waals surface area contributed by atoms with Gasteiger partial charge in [-0.15, -0.1) is 0 Å². The lowest BCUT2D eigenvalue weighted by Crippen LogP contribution is -2.49. The lowest BCUT2D eigenvalue weighted by atomic mass is 9.79. The van der Waals surface area contributed by atoms with Gasteiger partial charge in [0.1, 0.15) is 5.82 Å². The van der Waals surface area contributed by atoms with E-state index < -0.39 is 0 Å². The summed E-state index contributed by atoms with van der Waals surface area (Å²) in [5.41, 5.74) is 0.0794. The van der Waals surface area contributed by atoms with E-state index in [-0.39, 0.29) is 17.2 Å². The molecule has 3 rings (SSSR count). The van der Waals surface area contributed by atoms with E-state index in [1.165, 1.54) is 0 Å². The Morgan fingerprint density at radius 3 is 2.76 bits per heavy atom. The minimum atomic E-state index is 0.0794. The van der Waals surface area contributed by atoms with Crippen LogP contribution in [0.4, 0.5) is 5.82 Å². The van der Waals surface area contributed by atoms with Crippen LogP contribution in [-0.4, -0.2) is 62.3 Å². The monoisotopic (exact) mass is 347 g/mol. The highest BCUT2D eigenvalue weighted by molar-refractivity contribution is 5.79. The molecule has 0 spiro atoms. The van der Waals surface area contributed by atoms with Gasteiger partial charge < -0.3 is 20.3 Å². The van der Waals surface area contributed by atoms with Crippen molar-refractivity contribution in [1.82, 2.24) is 20.6 Å². The smallest absolute Gasteiger partial charge is 0.223 e. The molecule has 2 saturated heterocycles. The number of nitrogens with one attached hydrogen (secondary N) is 2.